The summed E-state index contributed by atoms with van der Waals surface area (Å²) in [5, 5.41) is 5.78. The van der Waals surface area contributed by atoms with Crippen molar-refractivity contribution in [1.82, 2.24) is 0 Å². The summed E-state index contributed by atoms with van der Waals surface area (Å²) in [7, 11) is 0. The molecular weight excluding hydrogens is 330 g/mol. The van der Waals surface area contributed by atoms with Crippen LogP contribution in [0.3, 0.4) is 0 Å². The summed E-state index contributed by atoms with van der Waals surface area (Å²) < 4.78 is 5.34. The molecule has 1 aliphatic heterocycles. The number of hydrogen-bond acceptors (Lipinski definition) is 4. The van der Waals surface area contributed by atoms with Gasteiger partial charge >= 0.3 is 0 Å². The molecule has 1 fully saturated rings. The highest BCUT2D eigenvalue weighted by molar-refractivity contribution is 6.34. The van der Waals surface area contributed by atoms with Crippen LogP contribution in [0.5, 0.6) is 5.75 Å². The van der Waals surface area contributed by atoms with Crippen molar-refractivity contribution in [2.24, 2.45) is 11.7 Å². The first-order chi connectivity index (χ1) is 11.5. The topological polar surface area (TPSA) is 93.5 Å². The van der Waals surface area contributed by atoms with Crippen LogP contribution in [0.25, 0.3) is 0 Å². The SMILES string of the molecule is NC(CC1CCCCC1)C(=O)Nc1cc2c(cc1Cl)NC(=O)CO2. The third kappa shape index (κ3) is 3.99. The highest BCUT2D eigenvalue weighted by Gasteiger charge is 2.23. The van der Waals surface area contributed by atoms with Crippen LogP contribution in [0, 0.1) is 5.92 Å². The van der Waals surface area contributed by atoms with E-state index in [9.17, 15) is 9.59 Å². The Labute approximate surface area is 146 Å². The number of carbonyl (C=O) groups is 2. The van der Waals surface area contributed by atoms with Gasteiger partial charge in [0.15, 0.2) is 6.61 Å². The van der Waals surface area contributed by atoms with Crippen molar-refractivity contribution in [3.05, 3.63) is 17.2 Å². The number of ether oxygens (including phenoxy) is 1. The lowest BCUT2D eigenvalue weighted by Crippen LogP contribution is -2.37. The smallest absolute Gasteiger partial charge is 0.262 e. The first-order valence-corrected chi connectivity index (χ1v) is 8.73. The van der Waals surface area contributed by atoms with Gasteiger partial charge in [0.2, 0.25) is 5.91 Å². The molecule has 2 aliphatic rings. The van der Waals surface area contributed by atoms with Crippen molar-refractivity contribution < 1.29 is 14.3 Å². The van der Waals surface area contributed by atoms with E-state index in [1.165, 1.54) is 19.3 Å². The summed E-state index contributed by atoms with van der Waals surface area (Å²) in [5.41, 5.74) is 7.00. The van der Waals surface area contributed by atoms with Gasteiger partial charge in [0.05, 0.1) is 22.4 Å². The summed E-state index contributed by atoms with van der Waals surface area (Å²) in [6.07, 6.45) is 6.71. The highest BCUT2D eigenvalue weighted by atomic mass is 35.5. The van der Waals surface area contributed by atoms with E-state index in [0.29, 0.717) is 34.5 Å². The predicted molar refractivity (Wildman–Crippen MR) is 93.4 cm³/mol. The fourth-order valence-corrected chi connectivity index (χ4v) is 3.52. The molecule has 1 aromatic rings. The Balaban J connectivity index is 1.64. The zero-order valence-corrected chi connectivity index (χ0v) is 14.2. The first kappa shape index (κ1) is 17.0. The second kappa shape index (κ2) is 7.40. The average Bonchev–Trinajstić information content (AvgIpc) is 2.56. The molecule has 2 amide bonds. The van der Waals surface area contributed by atoms with Gasteiger partial charge in [-0.15, -0.1) is 0 Å². The second-order valence-corrected chi connectivity index (χ2v) is 6.91. The number of amides is 2. The predicted octanol–water partition coefficient (Wildman–Crippen LogP) is 2.91. The molecule has 0 bridgehead atoms. The average molecular weight is 352 g/mol. The molecule has 130 valence electrons. The molecule has 1 saturated carbocycles. The van der Waals surface area contributed by atoms with Crippen LogP contribution >= 0.6 is 11.6 Å². The van der Waals surface area contributed by atoms with Gasteiger partial charge in [0, 0.05) is 6.07 Å². The quantitative estimate of drug-likeness (QED) is 0.777. The molecule has 0 aromatic heterocycles. The highest BCUT2D eigenvalue weighted by Crippen LogP contribution is 2.36. The lowest BCUT2D eigenvalue weighted by Gasteiger charge is -2.24. The maximum atomic E-state index is 12.4. The Morgan fingerprint density at radius 1 is 1.38 bits per heavy atom. The van der Waals surface area contributed by atoms with Crippen LogP contribution in [0.15, 0.2) is 12.1 Å². The Morgan fingerprint density at radius 2 is 2.12 bits per heavy atom. The summed E-state index contributed by atoms with van der Waals surface area (Å²) in [5.74, 6) is 0.527. The van der Waals surface area contributed by atoms with Gasteiger partial charge in [0.1, 0.15) is 5.75 Å². The fourth-order valence-electron chi connectivity index (χ4n) is 3.31. The van der Waals surface area contributed by atoms with Crippen molar-refractivity contribution in [1.29, 1.82) is 0 Å². The van der Waals surface area contributed by atoms with E-state index in [0.717, 1.165) is 12.8 Å². The standard InChI is InChI=1S/C17H22ClN3O3/c18-11-7-14-15(24-9-16(22)20-14)8-13(11)21-17(23)12(19)6-10-4-2-1-3-5-10/h7-8,10,12H,1-6,9,19H2,(H,20,22)(H,21,23). The number of hydrogen-bond donors (Lipinski definition) is 3. The third-order valence-corrected chi connectivity index (χ3v) is 4.92. The maximum absolute atomic E-state index is 12.4. The van der Waals surface area contributed by atoms with Crippen LogP contribution in [0.4, 0.5) is 11.4 Å². The number of anilines is 2. The van der Waals surface area contributed by atoms with Crippen LogP contribution in [0.2, 0.25) is 5.02 Å². The van der Waals surface area contributed by atoms with Crippen LogP contribution in [0.1, 0.15) is 38.5 Å². The summed E-state index contributed by atoms with van der Waals surface area (Å²) in [6.45, 7) is -0.0524. The van der Waals surface area contributed by atoms with E-state index in [1.807, 2.05) is 0 Å². The molecule has 0 saturated heterocycles. The van der Waals surface area contributed by atoms with Crippen molar-refractivity contribution in [3.63, 3.8) is 0 Å². The first-order valence-electron chi connectivity index (χ1n) is 8.35. The molecule has 6 nitrogen and oxygen atoms in total. The van der Waals surface area contributed by atoms with Gasteiger partial charge in [0.25, 0.3) is 5.91 Å². The molecule has 1 aliphatic carbocycles. The normalized spacial score (nSPS) is 19.0. The second-order valence-electron chi connectivity index (χ2n) is 6.50. The van der Waals surface area contributed by atoms with Crippen LogP contribution in [-0.4, -0.2) is 24.5 Å². The molecule has 4 N–H and O–H groups in total. The summed E-state index contributed by atoms with van der Waals surface area (Å²) >= 11 is 6.19. The number of nitrogens with one attached hydrogen (secondary N) is 2. The lowest BCUT2D eigenvalue weighted by atomic mass is 9.85. The molecule has 1 atom stereocenters. The van der Waals surface area contributed by atoms with Crippen molar-refractivity contribution in [2.45, 2.75) is 44.6 Å². The summed E-state index contributed by atoms with van der Waals surface area (Å²) in [6, 6.07) is 2.62. The Morgan fingerprint density at radius 3 is 2.88 bits per heavy atom. The molecule has 24 heavy (non-hydrogen) atoms. The van der Waals surface area contributed by atoms with Gasteiger partial charge in [-0.3, -0.25) is 9.59 Å². The number of benzene rings is 1. The minimum atomic E-state index is -0.555. The van der Waals surface area contributed by atoms with E-state index in [4.69, 9.17) is 22.1 Å². The number of halogens is 1. The van der Waals surface area contributed by atoms with E-state index < -0.39 is 6.04 Å². The fraction of sp³-hybridized carbons (Fsp3) is 0.529. The Hall–Kier alpha value is -1.79. The minimum Gasteiger partial charge on any atom is -0.482 e. The largest absolute Gasteiger partial charge is 0.482 e. The van der Waals surface area contributed by atoms with E-state index in [2.05, 4.69) is 10.6 Å². The monoisotopic (exact) mass is 351 g/mol. The summed E-state index contributed by atoms with van der Waals surface area (Å²) in [4.78, 5) is 23.7. The number of carbonyl (C=O) groups excluding carboxylic acids is 2. The van der Waals surface area contributed by atoms with Crippen LogP contribution < -0.4 is 21.1 Å². The van der Waals surface area contributed by atoms with E-state index in [1.54, 1.807) is 12.1 Å². The minimum absolute atomic E-state index is 0.0524. The molecule has 1 unspecified atom stereocenters. The maximum Gasteiger partial charge on any atom is 0.262 e. The Kier molecular flexibility index (Phi) is 5.26. The van der Waals surface area contributed by atoms with Gasteiger partial charge in [-0.1, -0.05) is 43.7 Å². The number of nitrogens with two attached hydrogens (primary N) is 1. The molecule has 3 rings (SSSR count). The van der Waals surface area contributed by atoms with Crippen molar-refractivity contribution in [2.75, 3.05) is 17.2 Å². The van der Waals surface area contributed by atoms with E-state index >= 15 is 0 Å². The molecule has 1 aromatic carbocycles. The van der Waals surface area contributed by atoms with Gasteiger partial charge in [-0.25, -0.2) is 0 Å². The van der Waals surface area contributed by atoms with Crippen molar-refractivity contribution in [3.8, 4) is 5.75 Å². The Bertz CT molecular complexity index is 644. The van der Waals surface area contributed by atoms with Gasteiger partial charge in [-0.05, 0) is 18.4 Å². The van der Waals surface area contributed by atoms with Gasteiger partial charge in [-0.2, -0.15) is 0 Å². The zero-order chi connectivity index (χ0) is 17.1. The third-order valence-electron chi connectivity index (χ3n) is 4.61. The van der Waals surface area contributed by atoms with E-state index in [-0.39, 0.29) is 18.4 Å². The van der Waals surface area contributed by atoms with Crippen molar-refractivity contribution >= 4 is 34.8 Å². The number of rotatable bonds is 4. The molecule has 0 radical (unpaired) electrons. The molecule has 0 spiro atoms. The molecular formula is C17H22ClN3O3. The lowest BCUT2D eigenvalue weighted by molar-refractivity contribution is -0.119. The molecule has 1 heterocycles. The number of fused-ring (bicyclic) bond motifs is 1. The van der Waals surface area contributed by atoms with Crippen LogP contribution in [-0.2, 0) is 9.59 Å². The van der Waals surface area contributed by atoms with Gasteiger partial charge < -0.3 is 21.1 Å². The molecule has 7 heteroatoms. The zero-order valence-electron chi connectivity index (χ0n) is 13.4.